The number of anilines is 2. The molecule has 0 radical (unpaired) electrons. The summed E-state index contributed by atoms with van der Waals surface area (Å²) in [5.74, 6) is -2.44. The Morgan fingerprint density at radius 2 is 1.69 bits per heavy atom. The zero-order valence-electron chi connectivity index (χ0n) is 17.7. The van der Waals surface area contributed by atoms with Gasteiger partial charge in [-0.2, -0.15) is 0 Å². The highest BCUT2D eigenvalue weighted by Crippen LogP contribution is 2.30. The van der Waals surface area contributed by atoms with Crippen molar-refractivity contribution in [3.63, 3.8) is 0 Å². The Labute approximate surface area is 189 Å². The molecule has 1 N–H and O–H groups in total. The van der Waals surface area contributed by atoms with Crippen molar-refractivity contribution >= 4 is 46.7 Å². The number of imide groups is 1. The van der Waals surface area contributed by atoms with Crippen LogP contribution in [0.3, 0.4) is 0 Å². The van der Waals surface area contributed by atoms with Gasteiger partial charge in [-0.05, 0) is 63.2 Å². The maximum absolute atomic E-state index is 12.9. The minimum atomic E-state index is -0.725. The molecule has 0 atom stereocenters. The number of halogens is 1. The Bertz CT molecular complexity index is 1110. The third-order valence-corrected chi connectivity index (χ3v) is 4.73. The zero-order valence-corrected chi connectivity index (χ0v) is 18.4. The largest absolute Gasteiger partial charge is 0.462 e. The number of nitrogens with zero attached hydrogens (tertiary/aromatic N) is 1. The fourth-order valence-corrected chi connectivity index (χ4v) is 3.16. The van der Waals surface area contributed by atoms with Crippen LogP contribution in [0.4, 0.5) is 11.4 Å². The summed E-state index contributed by atoms with van der Waals surface area (Å²) in [7, 11) is 0. The van der Waals surface area contributed by atoms with E-state index >= 15 is 0 Å². The molecule has 166 valence electrons. The Hall–Kier alpha value is -3.65. The van der Waals surface area contributed by atoms with E-state index in [1.165, 1.54) is 36.4 Å². The maximum Gasteiger partial charge on any atom is 0.338 e. The van der Waals surface area contributed by atoms with E-state index in [9.17, 15) is 19.2 Å². The van der Waals surface area contributed by atoms with E-state index < -0.39 is 23.8 Å². The minimum Gasteiger partial charge on any atom is -0.462 e. The van der Waals surface area contributed by atoms with Crippen molar-refractivity contribution in [2.45, 2.75) is 26.9 Å². The molecule has 0 aliphatic carbocycles. The van der Waals surface area contributed by atoms with Crippen molar-refractivity contribution in [2.75, 3.05) is 16.8 Å². The van der Waals surface area contributed by atoms with Crippen LogP contribution in [-0.2, 0) is 19.1 Å². The first-order chi connectivity index (χ1) is 15.2. The lowest BCUT2D eigenvalue weighted by molar-refractivity contribution is -0.120. The second-order valence-corrected chi connectivity index (χ2v) is 7.44. The molecular formula is C23H21ClN2O6. The van der Waals surface area contributed by atoms with Gasteiger partial charge in [0.15, 0.2) is 0 Å². The second-order valence-electron chi connectivity index (χ2n) is 7.06. The molecule has 8 nitrogen and oxygen atoms in total. The number of ether oxygens (including phenoxy) is 2. The zero-order chi connectivity index (χ0) is 23.4. The van der Waals surface area contributed by atoms with Crippen LogP contribution in [-0.4, -0.2) is 36.5 Å². The van der Waals surface area contributed by atoms with Crippen LogP contribution in [0.1, 0.15) is 41.5 Å². The number of benzene rings is 2. The van der Waals surface area contributed by atoms with Gasteiger partial charge < -0.3 is 14.8 Å². The van der Waals surface area contributed by atoms with Gasteiger partial charge >= 0.3 is 11.9 Å². The van der Waals surface area contributed by atoms with Gasteiger partial charge in [0, 0.05) is 5.69 Å². The second kappa shape index (κ2) is 9.65. The van der Waals surface area contributed by atoms with E-state index in [0.717, 1.165) is 4.90 Å². The normalized spacial score (nSPS) is 13.6. The lowest BCUT2D eigenvalue weighted by Crippen LogP contribution is -2.32. The van der Waals surface area contributed by atoms with Crippen LogP contribution in [0.25, 0.3) is 0 Å². The first-order valence-electron chi connectivity index (χ1n) is 9.86. The highest BCUT2D eigenvalue weighted by molar-refractivity contribution is 6.53. The molecule has 9 heteroatoms. The highest BCUT2D eigenvalue weighted by Gasteiger charge is 2.39. The lowest BCUT2D eigenvalue weighted by Gasteiger charge is -2.16. The molecule has 0 saturated heterocycles. The SMILES string of the molecule is CCOC(=O)c1cccc(N2C(=O)C(Cl)=C(Nc3ccc(C(=O)OC(C)C)cc3)C2=O)c1. The quantitative estimate of drug-likeness (QED) is 0.498. The van der Waals surface area contributed by atoms with Crippen LogP contribution in [0.5, 0.6) is 0 Å². The summed E-state index contributed by atoms with van der Waals surface area (Å²) in [6, 6.07) is 12.2. The fourth-order valence-electron chi connectivity index (χ4n) is 2.95. The smallest absolute Gasteiger partial charge is 0.338 e. The molecule has 0 fully saturated rings. The molecule has 0 unspecified atom stereocenters. The first kappa shape index (κ1) is 23.0. The van der Waals surface area contributed by atoms with Crippen molar-refractivity contribution in [3.05, 3.63) is 70.4 Å². The number of rotatable bonds is 7. The van der Waals surface area contributed by atoms with E-state index in [1.54, 1.807) is 32.9 Å². The number of hydrogen-bond donors (Lipinski definition) is 1. The van der Waals surface area contributed by atoms with E-state index in [1.807, 2.05) is 0 Å². The number of carbonyl (C=O) groups excluding carboxylic acids is 4. The topological polar surface area (TPSA) is 102 Å². The van der Waals surface area contributed by atoms with Crippen LogP contribution in [0.15, 0.2) is 59.3 Å². The maximum atomic E-state index is 12.9. The molecule has 2 aromatic rings. The number of amides is 2. The molecule has 2 aromatic carbocycles. The van der Waals surface area contributed by atoms with Crippen molar-refractivity contribution in [3.8, 4) is 0 Å². The van der Waals surface area contributed by atoms with Gasteiger partial charge in [-0.3, -0.25) is 9.59 Å². The summed E-state index contributed by atoms with van der Waals surface area (Å²) >= 11 is 6.15. The van der Waals surface area contributed by atoms with Crippen molar-refractivity contribution in [1.29, 1.82) is 0 Å². The van der Waals surface area contributed by atoms with Gasteiger partial charge in [-0.1, -0.05) is 17.7 Å². The van der Waals surface area contributed by atoms with Crippen LogP contribution in [0, 0.1) is 0 Å². The molecule has 0 saturated carbocycles. The van der Waals surface area contributed by atoms with E-state index in [2.05, 4.69) is 5.32 Å². The van der Waals surface area contributed by atoms with Crippen LogP contribution in [0.2, 0.25) is 0 Å². The molecule has 2 amide bonds. The van der Waals surface area contributed by atoms with Crippen LogP contribution < -0.4 is 10.2 Å². The molecule has 0 bridgehead atoms. The van der Waals surface area contributed by atoms with Gasteiger partial charge in [0.1, 0.15) is 10.7 Å². The number of hydrogen-bond acceptors (Lipinski definition) is 7. The average molecular weight is 457 g/mol. The Morgan fingerprint density at radius 3 is 2.31 bits per heavy atom. The fraction of sp³-hybridized carbons (Fsp3) is 0.217. The average Bonchev–Trinajstić information content (AvgIpc) is 2.97. The molecule has 1 heterocycles. The van der Waals surface area contributed by atoms with E-state index in [0.29, 0.717) is 11.3 Å². The predicted molar refractivity (Wildman–Crippen MR) is 118 cm³/mol. The van der Waals surface area contributed by atoms with Gasteiger partial charge in [0.2, 0.25) is 0 Å². The minimum absolute atomic E-state index is 0.115. The first-order valence-corrected chi connectivity index (χ1v) is 10.2. The monoisotopic (exact) mass is 456 g/mol. The van der Waals surface area contributed by atoms with Crippen molar-refractivity contribution < 1.29 is 28.7 Å². The summed E-state index contributed by atoms with van der Waals surface area (Å²) in [6.07, 6.45) is -0.250. The van der Waals surface area contributed by atoms with Crippen molar-refractivity contribution in [2.24, 2.45) is 0 Å². The Kier molecular flexibility index (Phi) is 6.95. The summed E-state index contributed by atoms with van der Waals surface area (Å²) in [5, 5.41) is 2.54. The molecule has 32 heavy (non-hydrogen) atoms. The third kappa shape index (κ3) is 4.81. The van der Waals surface area contributed by atoms with Crippen molar-refractivity contribution in [1.82, 2.24) is 0 Å². The lowest BCUT2D eigenvalue weighted by atomic mass is 10.2. The van der Waals surface area contributed by atoms with Crippen LogP contribution >= 0.6 is 11.6 Å². The molecule has 0 spiro atoms. The molecule has 3 rings (SSSR count). The molecule has 0 aromatic heterocycles. The van der Waals surface area contributed by atoms with E-state index in [-0.39, 0.29) is 34.7 Å². The number of nitrogens with one attached hydrogen (secondary N) is 1. The Balaban J connectivity index is 1.80. The van der Waals surface area contributed by atoms with Gasteiger partial charge in [0.05, 0.1) is 29.5 Å². The third-order valence-electron chi connectivity index (χ3n) is 4.38. The summed E-state index contributed by atoms with van der Waals surface area (Å²) in [6.45, 7) is 5.37. The number of carbonyl (C=O) groups is 4. The summed E-state index contributed by atoms with van der Waals surface area (Å²) in [4.78, 5) is 50.4. The van der Waals surface area contributed by atoms with Gasteiger partial charge in [0.25, 0.3) is 11.8 Å². The van der Waals surface area contributed by atoms with E-state index in [4.69, 9.17) is 21.1 Å². The van der Waals surface area contributed by atoms with Gasteiger partial charge in [-0.15, -0.1) is 0 Å². The molecular weight excluding hydrogens is 436 g/mol. The highest BCUT2D eigenvalue weighted by atomic mass is 35.5. The predicted octanol–water partition coefficient (Wildman–Crippen LogP) is 3.86. The summed E-state index contributed by atoms with van der Waals surface area (Å²) < 4.78 is 10.1. The number of esters is 2. The standard InChI is InChI=1S/C23H21ClN2O6/c1-4-31-22(29)15-6-5-7-17(12-15)26-20(27)18(24)19(21(26)28)25-16-10-8-14(9-11-16)23(30)32-13(2)3/h5-13,25H,4H2,1-3H3. The molecule has 1 aliphatic rings. The van der Waals surface area contributed by atoms with Gasteiger partial charge in [-0.25, -0.2) is 14.5 Å². The molecule has 1 aliphatic heterocycles. The summed E-state index contributed by atoms with van der Waals surface area (Å²) in [5.41, 5.74) is 1.06. The Morgan fingerprint density at radius 1 is 1.00 bits per heavy atom.